The van der Waals surface area contributed by atoms with E-state index in [1.807, 2.05) is 24.4 Å². The van der Waals surface area contributed by atoms with Crippen LogP contribution in [0.25, 0.3) is 0 Å². The van der Waals surface area contributed by atoms with E-state index in [-0.39, 0.29) is 18.5 Å². The van der Waals surface area contributed by atoms with E-state index in [0.717, 1.165) is 24.4 Å². The highest BCUT2D eigenvalue weighted by molar-refractivity contribution is 7.10. The van der Waals surface area contributed by atoms with Crippen molar-refractivity contribution < 1.29 is 4.79 Å². The number of rotatable bonds is 6. The SMILES string of the molecule is C[C@H](NC(=O)Cn1nnnc1CN1CCc2ccccc2C1)c1cccs1. The van der Waals surface area contributed by atoms with E-state index in [9.17, 15) is 4.79 Å². The van der Waals surface area contributed by atoms with E-state index >= 15 is 0 Å². The van der Waals surface area contributed by atoms with Crippen LogP contribution in [-0.2, 0) is 30.8 Å². The molecule has 0 bridgehead atoms. The fraction of sp³-hybridized carbons (Fsp3) is 0.368. The van der Waals surface area contributed by atoms with Crippen LogP contribution >= 0.6 is 11.3 Å². The average Bonchev–Trinajstić information content (AvgIpc) is 3.34. The lowest BCUT2D eigenvalue weighted by Gasteiger charge is -2.28. The van der Waals surface area contributed by atoms with E-state index in [1.54, 1.807) is 16.0 Å². The molecule has 1 N–H and O–H groups in total. The molecule has 1 aliphatic heterocycles. The number of thiophene rings is 1. The van der Waals surface area contributed by atoms with Gasteiger partial charge in [-0.3, -0.25) is 9.69 Å². The molecule has 0 saturated carbocycles. The van der Waals surface area contributed by atoms with Crippen LogP contribution in [0, 0.1) is 0 Å². The third kappa shape index (κ3) is 4.23. The molecule has 0 aliphatic carbocycles. The van der Waals surface area contributed by atoms with Crippen LogP contribution in [0.5, 0.6) is 0 Å². The molecule has 27 heavy (non-hydrogen) atoms. The summed E-state index contributed by atoms with van der Waals surface area (Å²) in [4.78, 5) is 15.8. The number of hydrogen-bond donors (Lipinski definition) is 1. The molecule has 0 radical (unpaired) electrons. The zero-order valence-electron chi connectivity index (χ0n) is 15.2. The fourth-order valence-electron chi connectivity index (χ4n) is 3.38. The first-order valence-electron chi connectivity index (χ1n) is 9.06. The molecule has 0 spiro atoms. The summed E-state index contributed by atoms with van der Waals surface area (Å²) in [7, 11) is 0. The van der Waals surface area contributed by atoms with Gasteiger partial charge in [-0.15, -0.1) is 16.4 Å². The highest BCUT2D eigenvalue weighted by Crippen LogP contribution is 2.20. The largest absolute Gasteiger partial charge is 0.347 e. The van der Waals surface area contributed by atoms with Crippen molar-refractivity contribution in [2.24, 2.45) is 0 Å². The van der Waals surface area contributed by atoms with E-state index in [4.69, 9.17) is 0 Å². The number of tetrazole rings is 1. The van der Waals surface area contributed by atoms with E-state index in [0.29, 0.717) is 12.4 Å². The predicted octanol–water partition coefficient (Wildman–Crippen LogP) is 2.17. The Balaban J connectivity index is 1.36. The summed E-state index contributed by atoms with van der Waals surface area (Å²) in [6.45, 7) is 4.59. The molecule has 1 aliphatic rings. The first-order valence-corrected chi connectivity index (χ1v) is 9.94. The van der Waals surface area contributed by atoms with Crippen molar-refractivity contribution in [1.29, 1.82) is 0 Å². The molecule has 0 unspecified atom stereocenters. The molecular weight excluding hydrogens is 360 g/mol. The highest BCUT2D eigenvalue weighted by atomic mass is 32.1. The monoisotopic (exact) mass is 382 g/mol. The predicted molar refractivity (Wildman–Crippen MR) is 103 cm³/mol. The summed E-state index contributed by atoms with van der Waals surface area (Å²) in [5.41, 5.74) is 2.76. The molecule has 0 saturated heterocycles. The van der Waals surface area contributed by atoms with Crippen molar-refractivity contribution in [1.82, 2.24) is 30.4 Å². The lowest BCUT2D eigenvalue weighted by Crippen LogP contribution is -2.33. The lowest BCUT2D eigenvalue weighted by molar-refractivity contribution is -0.122. The minimum absolute atomic E-state index is 0.0176. The second-order valence-electron chi connectivity index (χ2n) is 6.79. The third-order valence-corrected chi connectivity index (χ3v) is 5.88. The molecule has 1 atom stereocenters. The number of hydrogen-bond acceptors (Lipinski definition) is 6. The van der Waals surface area contributed by atoms with Crippen molar-refractivity contribution in [2.75, 3.05) is 6.54 Å². The molecular formula is C19H22N6OS. The molecule has 7 nitrogen and oxygen atoms in total. The van der Waals surface area contributed by atoms with Crippen molar-refractivity contribution in [3.63, 3.8) is 0 Å². The van der Waals surface area contributed by atoms with Gasteiger partial charge in [0.05, 0.1) is 12.6 Å². The Kier molecular flexibility index (Phi) is 5.26. The molecule has 0 fully saturated rings. The van der Waals surface area contributed by atoms with Crippen LogP contribution in [0.2, 0.25) is 0 Å². The summed E-state index contributed by atoms with van der Waals surface area (Å²) in [5.74, 6) is 0.627. The van der Waals surface area contributed by atoms with Gasteiger partial charge in [0.25, 0.3) is 0 Å². The highest BCUT2D eigenvalue weighted by Gasteiger charge is 2.20. The summed E-state index contributed by atoms with van der Waals surface area (Å²) in [6.07, 6.45) is 1.02. The Morgan fingerprint density at radius 1 is 1.26 bits per heavy atom. The lowest BCUT2D eigenvalue weighted by atomic mass is 10.00. The normalized spacial score (nSPS) is 15.3. The Hall–Kier alpha value is -2.58. The summed E-state index contributed by atoms with van der Waals surface area (Å²) in [5, 5.41) is 16.9. The van der Waals surface area contributed by atoms with Gasteiger partial charge >= 0.3 is 0 Å². The maximum Gasteiger partial charge on any atom is 0.242 e. The van der Waals surface area contributed by atoms with E-state index in [1.165, 1.54) is 11.1 Å². The summed E-state index contributed by atoms with van der Waals surface area (Å²) < 4.78 is 1.59. The number of amides is 1. The van der Waals surface area contributed by atoms with Crippen molar-refractivity contribution in [3.05, 3.63) is 63.6 Å². The fourth-order valence-corrected chi connectivity index (χ4v) is 4.11. The van der Waals surface area contributed by atoms with Crippen LogP contribution in [0.4, 0.5) is 0 Å². The van der Waals surface area contributed by atoms with Gasteiger partial charge in [0.15, 0.2) is 5.82 Å². The minimum Gasteiger partial charge on any atom is -0.347 e. The van der Waals surface area contributed by atoms with Gasteiger partial charge in [-0.05, 0) is 46.3 Å². The van der Waals surface area contributed by atoms with Crippen LogP contribution < -0.4 is 5.32 Å². The molecule has 140 valence electrons. The standard InChI is InChI=1S/C19H22N6OS/c1-14(17-7-4-10-27-17)20-19(26)13-25-18(21-22-23-25)12-24-9-8-15-5-2-3-6-16(15)11-24/h2-7,10,14H,8-9,11-13H2,1H3,(H,20,26)/t14-/m0/s1. The number of carbonyl (C=O) groups excluding carboxylic acids is 1. The molecule has 3 aromatic rings. The second kappa shape index (κ2) is 7.98. The Bertz CT molecular complexity index is 907. The van der Waals surface area contributed by atoms with Gasteiger partial charge in [-0.1, -0.05) is 30.3 Å². The quantitative estimate of drug-likeness (QED) is 0.707. The van der Waals surface area contributed by atoms with Gasteiger partial charge in [-0.25, -0.2) is 4.68 Å². The first kappa shape index (κ1) is 17.8. The van der Waals surface area contributed by atoms with Crippen LogP contribution in [0.3, 0.4) is 0 Å². The van der Waals surface area contributed by atoms with Crippen LogP contribution in [0.15, 0.2) is 41.8 Å². The first-order chi connectivity index (χ1) is 13.2. The Morgan fingerprint density at radius 3 is 2.93 bits per heavy atom. The Morgan fingerprint density at radius 2 is 2.11 bits per heavy atom. The topological polar surface area (TPSA) is 75.9 Å². The van der Waals surface area contributed by atoms with Gasteiger partial charge in [-0.2, -0.15) is 0 Å². The number of nitrogens with one attached hydrogen (secondary N) is 1. The molecule has 4 rings (SSSR count). The number of benzene rings is 1. The van der Waals surface area contributed by atoms with Gasteiger partial charge in [0.2, 0.25) is 5.91 Å². The molecule has 2 aromatic heterocycles. The molecule has 8 heteroatoms. The summed E-state index contributed by atoms with van der Waals surface area (Å²) in [6, 6.07) is 12.5. The van der Waals surface area contributed by atoms with Gasteiger partial charge < -0.3 is 5.32 Å². The third-order valence-electron chi connectivity index (χ3n) is 4.82. The second-order valence-corrected chi connectivity index (χ2v) is 7.77. The van der Waals surface area contributed by atoms with Crippen molar-refractivity contribution >= 4 is 17.2 Å². The zero-order valence-corrected chi connectivity index (χ0v) is 16.0. The number of carbonyl (C=O) groups is 1. The average molecular weight is 382 g/mol. The minimum atomic E-state index is -0.0894. The van der Waals surface area contributed by atoms with Crippen LogP contribution in [-0.4, -0.2) is 37.6 Å². The maximum absolute atomic E-state index is 12.4. The van der Waals surface area contributed by atoms with Crippen LogP contribution in [0.1, 0.15) is 34.8 Å². The van der Waals surface area contributed by atoms with Crippen molar-refractivity contribution in [3.8, 4) is 0 Å². The maximum atomic E-state index is 12.4. The molecule has 3 heterocycles. The molecule has 1 aromatic carbocycles. The van der Waals surface area contributed by atoms with E-state index < -0.39 is 0 Å². The van der Waals surface area contributed by atoms with Crippen molar-refractivity contribution in [2.45, 2.75) is 39.0 Å². The number of fused-ring (bicyclic) bond motifs is 1. The van der Waals surface area contributed by atoms with Gasteiger partial charge in [0.1, 0.15) is 6.54 Å². The summed E-state index contributed by atoms with van der Waals surface area (Å²) >= 11 is 1.63. The number of aromatic nitrogens is 4. The Labute approximate surface area is 162 Å². The van der Waals surface area contributed by atoms with Gasteiger partial charge in [0, 0.05) is 18.0 Å². The number of nitrogens with zero attached hydrogens (tertiary/aromatic N) is 5. The smallest absolute Gasteiger partial charge is 0.242 e. The zero-order chi connectivity index (χ0) is 18.6. The van der Waals surface area contributed by atoms with E-state index in [2.05, 4.69) is 50.0 Å². The molecule has 1 amide bonds.